The smallest absolute Gasteiger partial charge is 0.369 e. The largest absolute Gasteiger partial charge is 0.417 e. The molecule has 0 spiro atoms. The number of carbonyl (C=O) groups is 8. The van der Waals surface area contributed by atoms with Gasteiger partial charge in [-0.3, -0.25) is 38.4 Å². The average molecular weight is 1530 g/mol. The molecule has 22 nitrogen and oxygen atoms in total. The van der Waals surface area contributed by atoms with Gasteiger partial charge in [0.2, 0.25) is 50.8 Å². The van der Waals surface area contributed by atoms with Crippen molar-refractivity contribution in [1.82, 2.24) is 40.1 Å². The van der Waals surface area contributed by atoms with Gasteiger partial charge < -0.3 is 65.5 Å². The van der Waals surface area contributed by atoms with E-state index in [0.717, 1.165) is 171 Å². The van der Waals surface area contributed by atoms with Gasteiger partial charge in [-0.1, -0.05) is 127 Å². The molecule has 6 fully saturated rings. The lowest BCUT2D eigenvalue weighted by molar-refractivity contribution is -0.137. The first-order valence-corrected chi connectivity index (χ1v) is 36.1. The first kappa shape index (κ1) is 83.3. The summed E-state index contributed by atoms with van der Waals surface area (Å²) >= 11 is 29.6. The van der Waals surface area contributed by atoms with E-state index in [0.29, 0.717) is 90.0 Å². The van der Waals surface area contributed by atoms with Crippen LogP contribution in [0.15, 0.2) is 109 Å². The van der Waals surface area contributed by atoms with Crippen LogP contribution in [0.3, 0.4) is 0 Å². The number of rotatable bonds is 18. The van der Waals surface area contributed by atoms with Crippen molar-refractivity contribution < 1.29 is 51.5 Å². The molecule has 1 aromatic heterocycles. The molecule has 103 heavy (non-hydrogen) atoms. The minimum Gasteiger partial charge on any atom is -0.369 e. The van der Waals surface area contributed by atoms with Crippen LogP contribution in [-0.2, 0) is 51.0 Å². The number of nitrogens with one attached hydrogen (secondary N) is 3. The number of nitrogens with zero attached hydrogens (tertiary/aromatic N) is 10. The molecule has 556 valence electrons. The molecule has 6 aromatic rings. The van der Waals surface area contributed by atoms with Gasteiger partial charge in [-0.15, -0.1) is 0 Å². The molecule has 6 aliphatic rings. The van der Waals surface area contributed by atoms with Crippen molar-refractivity contribution in [3.8, 4) is 6.07 Å². The summed E-state index contributed by atoms with van der Waals surface area (Å²) in [5.41, 5.74) is 10.8. The molecule has 0 atom stereocenters. The van der Waals surface area contributed by atoms with Gasteiger partial charge in [0.05, 0.1) is 37.6 Å². The van der Waals surface area contributed by atoms with Crippen molar-refractivity contribution in [3.05, 3.63) is 151 Å². The fourth-order valence-corrected chi connectivity index (χ4v) is 13.4. The topological polar surface area (TPSA) is 255 Å². The van der Waals surface area contributed by atoms with E-state index in [9.17, 15) is 51.5 Å². The van der Waals surface area contributed by atoms with E-state index < -0.39 is 11.7 Å². The molecule has 0 unspecified atom stereocenters. The summed E-state index contributed by atoms with van der Waals surface area (Å²) in [5.74, 6) is 0.623. The summed E-state index contributed by atoms with van der Waals surface area (Å²) in [6.07, 6.45) is 13.7. The Kier molecular flexibility index (Phi) is 36.2. The Morgan fingerprint density at radius 1 is 0.524 bits per heavy atom. The number of amides is 8. The Hall–Kier alpha value is -8.67. The Morgan fingerprint density at radius 3 is 1.51 bits per heavy atom. The maximum atomic E-state index is 12.8. The van der Waals surface area contributed by atoms with Crippen LogP contribution >= 0.6 is 58.0 Å². The van der Waals surface area contributed by atoms with Crippen molar-refractivity contribution in [2.75, 3.05) is 150 Å². The third-order valence-electron chi connectivity index (χ3n) is 18.2. The number of aromatic amines is 1. The van der Waals surface area contributed by atoms with Crippen molar-refractivity contribution in [1.29, 1.82) is 5.26 Å². The highest BCUT2D eigenvalue weighted by Crippen LogP contribution is 2.38. The Balaban J connectivity index is 0.000000190. The van der Waals surface area contributed by atoms with Crippen molar-refractivity contribution in [3.63, 3.8) is 0 Å². The van der Waals surface area contributed by atoms with Gasteiger partial charge in [-0.25, -0.2) is 0 Å². The van der Waals surface area contributed by atoms with Crippen molar-refractivity contribution in [2.24, 2.45) is 17.6 Å². The summed E-state index contributed by atoms with van der Waals surface area (Å²) in [6.45, 7) is 14.1. The maximum Gasteiger partial charge on any atom is 0.417 e. The quantitative estimate of drug-likeness (QED) is 0.0462. The number of carbonyl (C=O) groups excluding carboxylic acids is 8. The number of para-hydroxylation sites is 2. The minimum atomic E-state index is -4.46. The number of likely N-dealkylation sites (tertiary alicyclic amines) is 1. The number of alkyl halides is 3. The van der Waals surface area contributed by atoms with E-state index in [1.807, 2.05) is 77.8 Å². The number of fused-ring (bicyclic) bond motifs is 1. The van der Waals surface area contributed by atoms with Crippen LogP contribution in [-0.4, -0.2) is 211 Å². The molecule has 30 heteroatoms. The number of hydrogen-bond acceptors (Lipinski definition) is 13. The van der Waals surface area contributed by atoms with E-state index in [2.05, 4.69) is 42.5 Å². The lowest BCUT2D eigenvalue weighted by Crippen LogP contribution is -2.45. The number of halogens is 8. The number of piperidine rings is 1. The van der Waals surface area contributed by atoms with E-state index >= 15 is 0 Å². The van der Waals surface area contributed by atoms with Gasteiger partial charge >= 0.3 is 6.18 Å². The molecule has 6 heterocycles. The zero-order chi connectivity index (χ0) is 74.5. The summed E-state index contributed by atoms with van der Waals surface area (Å²) in [4.78, 5) is 103. The highest BCUT2D eigenvalue weighted by molar-refractivity contribution is 6.43. The molecule has 1 aliphatic carbocycles. The zero-order valence-corrected chi connectivity index (χ0v) is 61.2. The fraction of sp³-hybridized carbons (Fsp3) is 0.438. The fourth-order valence-electron chi connectivity index (χ4n) is 12.3. The number of nitriles is 1. The summed E-state index contributed by atoms with van der Waals surface area (Å²) in [5, 5.41) is 17.7. The molecule has 8 amide bonds. The second kappa shape index (κ2) is 44.8. The molecular weight excluding hydrogens is 1440 g/mol. The zero-order valence-electron chi connectivity index (χ0n) is 57.4. The first-order valence-electron chi connectivity index (χ1n) is 34.2. The number of benzene rings is 5. The van der Waals surface area contributed by atoms with Crippen LogP contribution < -0.4 is 36.0 Å². The standard InChI is InChI=1S/C12H12ClF3N2O.C12H13N3O.2C11H12Cl2N2O.C11H12N2O.C9H17NO.C7H12N2O2/c13-11-2-1-9(7-10(11)12(14,15)16)18-5-3-17(8-19)4-6-18;13-9-11-3-1-2-4-12(11)15-7-5-14(10-16)6-8-15;12-9-5-10(13)7-11(6-9)15-3-1-14(8-16)2-4-15;12-9-2-1-3-10(11(9)13)15-6-4-14(8-16)5-7-15;14-8-12-6-5-9-7-13-11-4-2-1-3-10(9)11;11-8-10-7-6-9-4-2-1-3-5-9;8-7(11)6-1-3-9(5-10)4-2-6/h1-2,7-8H,3-6H2;1-4,10H,5-8H2;5-8H,1-4H2;1-3,8H,4-7H2;1-4,7-8,13H,5-6H2,(H,12,14);8-9H,1-7H2,(H,10,11);5-6H,1-4H2,(H2,8,11). The molecule has 12 rings (SSSR count). The lowest BCUT2D eigenvalue weighted by Gasteiger charge is -2.34. The summed E-state index contributed by atoms with van der Waals surface area (Å²) in [6, 6.07) is 32.9. The summed E-state index contributed by atoms with van der Waals surface area (Å²) < 4.78 is 38.3. The number of anilines is 4. The molecule has 0 bridgehead atoms. The number of aromatic nitrogens is 1. The lowest BCUT2D eigenvalue weighted by atomic mass is 9.87. The van der Waals surface area contributed by atoms with Gasteiger partial charge in [0, 0.05) is 175 Å². The van der Waals surface area contributed by atoms with Crippen LogP contribution in [0, 0.1) is 23.2 Å². The Labute approximate surface area is 624 Å². The van der Waals surface area contributed by atoms with Crippen LogP contribution in [0.25, 0.3) is 10.9 Å². The monoisotopic (exact) mass is 1520 g/mol. The molecule has 5 aliphatic heterocycles. The van der Waals surface area contributed by atoms with Crippen LogP contribution in [0.4, 0.5) is 35.9 Å². The summed E-state index contributed by atoms with van der Waals surface area (Å²) in [7, 11) is 0. The molecular formula is C73H90Cl5F3N14O8. The van der Waals surface area contributed by atoms with Crippen LogP contribution in [0.5, 0.6) is 0 Å². The maximum absolute atomic E-state index is 12.8. The number of hydrogen-bond donors (Lipinski definition) is 4. The second-order valence-electron chi connectivity index (χ2n) is 24.9. The van der Waals surface area contributed by atoms with E-state index in [4.69, 9.17) is 69.0 Å². The first-order chi connectivity index (χ1) is 49.7. The van der Waals surface area contributed by atoms with Crippen LogP contribution in [0.1, 0.15) is 68.1 Å². The van der Waals surface area contributed by atoms with Gasteiger partial charge in [-0.2, -0.15) is 18.4 Å². The SMILES string of the molecule is N#Cc1ccccc1N1CCN(C=O)CC1.NC(=O)C1CCN(C=O)CC1.O=CN1CCN(c2cc(Cl)cc(Cl)c2)CC1.O=CN1CCN(c2ccc(Cl)c(C(F)(F)F)c2)CC1.O=CN1CCN(c2cccc(Cl)c2Cl)CC1.O=CNCCC1CCCCC1.O=CNCCc1c[nH]c2ccccc12. The Morgan fingerprint density at radius 2 is 1.00 bits per heavy atom. The molecule has 5 N–H and O–H groups in total. The molecule has 5 saturated heterocycles. The molecule has 1 saturated carbocycles. The normalized spacial score (nSPS) is 16.2. The number of H-pyrrole nitrogens is 1. The van der Waals surface area contributed by atoms with Crippen molar-refractivity contribution >= 4 is 142 Å². The number of nitrogens with two attached hydrogens (primary N) is 1. The second-order valence-corrected chi connectivity index (χ2v) is 26.9. The van der Waals surface area contributed by atoms with Crippen molar-refractivity contribution in [2.45, 2.75) is 64.0 Å². The van der Waals surface area contributed by atoms with E-state index in [-0.39, 0.29) is 16.8 Å². The van der Waals surface area contributed by atoms with Gasteiger partial charge in [-0.05, 0) is 104 Å². The van der Waals surface area contributed by atoms with Gasteiger partial charge in [0.15, 0.2) is 0 Å². The van der Waals surface area contributed by atoms with E-state index in [1.54, 1.807) is 42.7 Å². The highest BCUT2D eigenvalue weighted by Gasteiger charge is 2.34. The third kappa shape index (κ3) is 27.8. The predicted molar refractivity (Wildman–Crippen MR) is 401 cm³/mol. The predicted octanol–water partition coefficient (Wildman–Crippen LogP) is 10.5. The molecule has 0 radical (unpaired) electrons. The van der Waals surface area contributed by atoms with E-state index in [1.165, 1.54) is 55.5 Å². The highest BCUT2D eigenvalue weighted by atomic mass is 35.5. The molecule has 5 aromatic carbocycles. The minimum absolute atomic E-state index is 0.0220. The average Bonchev–Trinajstić information content (AvgIpc) is 1.62. The third-order valence-corrected chi connectivity index (χ3v) is 19.8. The van der Waals surface area contributed by atoms with Gasteiger partial charge in [0.25, 0.3) is 0 Å². The van der Waals surface area contributed by atoms with Gasteiger partial charge in [0.1, 0.15) is 6.07 Å². The number of piperazine rings is 4. The number of primary amides is 1. The van der Waals surface area contributed by atoms with Crippen LogP contribution in [0.2, 0.25) is 25.1 Å². The Bertz CT molecular complexity index is 3640.